The Hall–Kier alpha value is -3.51. The minimum absolute atomic E-state index is 0.262. The first-order chi connectivity index (χ1) is 14.6. The van der Waals surface area contributed by atoms with E-state index in [2.05, 4.69) is 35.9 Å². The summed E-state index contributed by atoms with van der Waals surface area (Å²) < 4.78 is 27.2. The van der Waals surface area contributed by atoms with Crippen LogP contribution in [0.2, 0.25) is 0 Å². The highest BCUT2D eigenvalue weighted by atomic mass is 19.2. The molecule has 4 aromatic rings. The van der Waals surface area contributed by atoms with Crippen LogP contribution in [0, 0.1) is 23.5 Å². The van der Waals surface area contributed by atoms with Crippen LogP contribution in [-0.2, 0) is 6.42 Å². The van der Waals surface area contributed by atoms with Crippen molar-refractivity contribution in [3.05, 3.63) is 101 Å². The van der Waals surface area contributed by atoms with Gasteiger partial charge in [0, 0.05) is 28.3 Å². The number of unbranched alkanes of at least 4 members (excludes halogenated alkanes) is 1. The minimum Gasteiger partial charge on any atom is -0.256 e. The van der Waals surface area contributed by atoms with Crippen LogP contribution in [0.15, 0.2) is 72.9 Å². The molecule has 0 saturated heterocycles. The van der Waals surface area contributed by atoms with Gasteiger partial charge in [-0.2, -0.15) is 0 Å². The molecular formula is C27H21F2N. The zero-order valence-corrected chi connectivity index (χ0v) is 16.8. The summed E-state index contributed by atoms with van der Waals surface area (Å²) in [5, 5.41) is 0.891. The van der Waals surface area contributed by atoms with Crippen molar-refractivity contribution in [1.29, 1.82) is 0 Å². The summed E-state index contributed by atoms with van der Waals surface area (Å²) in [6.45, 7) is 2.19. The number of nitrogens with zero attached hydrogens (tertiary/aromatic N) is 1. The first-order valence-electron chi connectivity index (χ1n) is 10.1. The molecule has 1 heterocycles. The summed E-state index contributed by atoms with van der Waals surface area (Å²) in [7, 11) is 0. The Kier molecular flexibility index (Phi) is 5.86. The molecule has 0 unspecified atom stereocenters. The highest BCUT2D eigenvalue weighted by Gasteiger charge is 2.06. The first-order valence-corrected chi connectivity index (χ1v) is 10.1. The third kappa shape index (κ3) is 4.39. The number of fused-ring (bicyclic) bond motifs is 1. The van der Waals surface area contributed by atoms with Crippen LogP contribution in [0.5, 0.6) is 0 Å². The molecule has 148 valence electrons. The Morgan fingerprint density at radius 1 is 0.833 bits per heavy atom. The third-order valence-electron chi connectivity index (χ3n) is 5.08. The van der Waals surface area contributed by atoms with Gasteiger partial charge in [-0.05, 0) is 60.2 Å². The van der Waals surface area contributed by atoms with Crippen LogP contribution in [-0.4, -0.2) is 4.98 Å². The zero-order chi connectivity index (χ0) is 20.9. The highest BCUT2D eigenvalue weighted by Crippen LogP contribution is 2.22. The lowest BCUT2D eigenvalue weighted by Gasteiger charge is -2.03. The molecule has 30 heavy (non-hydrogen) atoms. The maximum atomic E-state index is 13.8. The second-order valence-corrected chi connectivity index (χ2v) is 7.28. The average molecular weight is 397 g/mol. The Morgan fingerprint density at radius 3 is 2.33 bits per heavy atom. The molecule has 0 fully saturated rings. The molecule has 0 amide bonds. The Balaban J connectivity index is 1.51. The van der Waals surface area contributed by atoms with Crippen LogP contribution >= 0.6 is 0 Å². The molecule has 3 heteroatoms. The summed E-state index contributed by atoms with van der Waals surface area (Å²) >= 11 is 0. The van der Waals surface area contributed by atoms with Gasteiger partial charge in [-0.15, -0.1) is 0 Å². The smallest absolute Gasteiger partial charge is 0.166 e. The fraction of sp³-hybridized carbons (Fsp3) is 0.148. The van der Waals surface area contributed by atoms with Crippen molar-refractivity contribution in [2.75, 3.05) is 0 Å². The lowest BCUT2D eigenvalue weighted by Crippen LogP contribution is -1.89. The van der Waals surface area contributed by atoms with Crippen molar-refractivity contribution >= 4 is 10.8 Å². The number of halogens is 2. The maximum Gasteiger partial charge on any atom is 0.166 e. The van der Waals surface area contributed by atoms with Gasteiger partial charge in [0.05, 0.1) is 5.69 Å². The Bertz CT molecular complexity index is 1230. The van der Waals surface area contributed by atoms with Crippen molar-refractivity contribution in [3.63, 3.8) is 0 Å². The van der Waals surface area contributed by atoms with Crippen LogP contribution in [0.3, 0.4) is 0 Å². The molecular weight excluding hydrogens is 376 g/mol. The molecule has 0 aliphatic rings. The molecule has 1 aromatic heterocycles. The summed E-state index contributed by atoms with van der Waals surface area (Å²) in [5.74, 6) is 4.55. The predicted octanol–water partition coefficient (Wildman–Crippen LogP) is 6.92. The van der Waals surface area contributed by atoms with Gasteiger partial charge >= 0.3 is 0 Å². The van der Waals surface area contributed by atoms with Crippen LogP contribution in [0.1, 0.15) is 36.5 Å². The zero-order valence-electron chi connectivity index (χ0n) is 16.8. The van der Waals surface area contributed by atoms with Crippen LogP contribution < -0.4 is 0 Å². The monoisotopic (exact) mass is 397 g/mol. The molecule has 0 bridgehead atoms. The summed E-state index contributed by atoms with van der Waals surface area (Å²) in [6, 6.07) is 19.9. The van der Waals surface area contributed by atoms with Gasteiger partial charge in [-0.1, -0.05) is 55.5 Å². The lowest BCUT2D eigenvalue weighted by atomic mass is 10.0. The van der Waals surface area contributed by atoms with E-state index in [0.29, 0.717) is 5.39 Å². The quantitative estimate of drug-likeness (QED) is 0.341. The number of benzene rings is 3. The van der Waals surface area contributed by atoms with Gasteiger partial charge < -0.3 is 0 Å². The number of hydrogen-bond donors (Lipinski definition) is 0. The molecule has 0 aliphatic carbocycles. The summed E-state index contributed by atoms with van der Waals surface area (Å²) in [6.07, 6.45) is 5.37. The molecule has 0 atom stereocenters. The van der Waals surface area contributed by atoms with E-state index in [9.17, 15) is 8.78 Å². The number of pyridine rings is 1. The van der Waals surface area contributed by atoms with E-state index in [4.69, 9.17) is 0 Å². The average Bonchev–Trinajstić information content (AvgIpc) is 2.79. The third-order valence-corrected chi connectivity index (χ3v) is 5.08. The van der Waals surface area contributed by atoms with E-state index < -0.39 is 11.6 Å². The second-order valence-electron chi connectivity index (χ2n) is 7.28. The number of hydrogen-bond acceptors (Lipinski definition) is 1. The van der Waals surface area contributed by atoms with Crippen molar-refractivity contribution in [3.8, 4) is 23.1 Å². The van der Waals surface area contributed by atoms with Gasteiger partial charge in [0.1, 0.15) is 0 Å². The van der Waals surface area contributed by atoms with Crippen molar-refractivity contribution < 1.29 is 8.78 Å². The van der Waals surface area contributed by atoms with E-state index >= 15 is 0 Å². The van der Waals surface area contributed by atoms with Crippen LogP contribution in [0.25, 0.3) is 22.0 Å². The first kappa shape index (κ1) is 19.8. The molecule has 0 radical (unpaired) electrons. The van der Waals surface area contributed by atoms with E-state index in [1.54, 1.807) is 24.3 Å². The largest absolute Gasteiger partial charge is 0.256 e. The number of rotatable bonds is 4. The van der Waals surface area contributed by atoms with Gasteiger partial charge in [-0.25, -0.2) is 8.78 Å². The van der Waals surface area contributed by atoms with E-state index in [1.165, 1.54) is 18.4 Å². The highest BCUT2D eigenvalue weighted by molar-refractivity contribution is 5.84. The molecule has 3 aromatic carbocycles. The van der Waals surface area contributed by atoms with Gasteiger partial charge in [0.15, 0.2) is 11.6 Å². The summed E-state index contributed by atoms with van der Waals surface area (Å²) in [5.41, 5.74) is 4.89. The predicted molar refractivity (Wildman–Crippen MR) is 118 cm³/mol. The van der Waals surface area contributed by atoms with Gasteiger partial charge in [-0.3, -0.25) is 4.98 Å². The van der Waals surface area contributed by atoms with E-state index in [-0.39, 0.29) is 5.39 Å². The van der Waals surface area contributed by atoms with E-state index in [0.717, 1.165) is 34.9 Å². The maximum absolute atomic E-state index is 13.8. The fourth-order valence-electron chi connectivity index (χ4n) is 3.34. The molecule has 4 rings (SSSR count). The molecule has 0 aliphatic heterocycles. The Labute approximate surface area is 175 Å². The number of aromatic nitrogens is 1. The van der Waals surface area contributed by atoms with Crippen molar-refractivity contribution in [1.82, 2.24) is 4.98 Å². The number of aryl methyl sites for hydroxylation is 1. The van der Waals surface area contributed by atoms with Gasteiger partial charge in [0.2, 0.25) is 0 Å². The van der Waals surface area contributed by atoms with E-state index in [1.807, 2.05) is 30.5 Å². The second kappa shape index (κ2) is 8.88. The SMILES string of the molecule is CCCCc1ccc(-c2ccc(C#Cc3ccc4c(F)c(F)ccc4c3)cc2)nc1. The Morgan fingerprint density at radius 2 is 1.60 bits per heavy atom. The fourth-order valence-corrected chi connectivity index (χ4v) is 3.34. The van der Waals surface area contributed by atoms with Crippen molar-refractivity contribution in [2.24, 2.45) is 0 Å². The molecule has 0 saturated carbocycles. The minimum atomic E-state index is -0.841. The van der Waals surface area contributed by atoms with Gasteiger partial charge in [0.25, 0.3) is 0 Å². The standard InChI is InChI=1S/C27H21F2N/c1-2-3-4-21-10-16-26(30-18-21)22-11-7-19(8-12-22)5-6-20-9-14-24-23(17-20)13-15-25(28)27(24)29/h7-18H,2-4H2,1H3. The van der Waals surface area contributed by atoms with Crippen LogP contribution in [0.4, 0.5) is 8.78 Å². The molecule has 0 N–H and O–H groups in total. The topological polar surface area (TPSA) is 12.9 Å². The lowest BCUT2D eigenvalue weighted by molar-refractivity contribution is 0.517. The van der Waals surface area contributed by atoms with Crippen molar-refractivity contribution in [2.45, 2.75) is 26.2 Å². The summed E-state index contributed by atoms with van der Waals surface area (Å²) in [4.78, 5) is 4.57. The molecule has 1 nitrogen and oxygen atoms in total. The normalized spacial score (nSPS) is 10.6. The molecule has 0 spiro atoms.